The summed E-state index contributed by atoms with van der Waals surface area (Å²) in [4.78, 5) is 26.9. The van der Waals surface area contributed by atoms with Gasteiger partial charge < -0.3 is 20.1 Å². The first-order valence-corrected chi connectivity index (χ1v) is 11.1. The molecule has 34 heavy (non-hydrogen) atoms. The molecule has 2 aliphatic rings. The maximum atomic E-state index is 15.7. The van der Waals surface area contributed by atoms with Crippen molar-refractivity contribution in [1.82, 2.24) is 10.2 Å². The summed E-state index contributed by atoms with van der Waals surface area (Å²) < 4.78 is 48.7. The molecule has 2 heterocycles. The third-order valence-corrected chi connectivity index (χ3v) is 6.51. The van der Waals surface area contributed by atoms with Crippen molar-refractivity contribution >= 4 is 11.8 Å². The molecule has 2 N–H and O–H groups in total. The van der Waals surface area contributed by atoms with Crippen LogP contribution in [0.25, 0.3) is 11.1 Å². The Labute approximate surface area is 195 Å². The topological polar surface area (TPSA) is 78.9 Å². The van der Waals surface area contributed by atoms with Gasteiger partial charge in [0.25, 0.3) is 5.91 Å². The molecule has 3 unspecified atom stereocenters. The predicted molar refractivity (Wildman–Crippen MR) is 118 cm³/mol. The van der Waals surface area contributed by atoms with Crippen molar-refractivity contribution in [2.45, 2.75) is 56.8 Å². The molecule has 0 saturated carbocycles. The highest BCUT2D eigenvalue weighted by Gasteiger charge is 2.56. The molecule has 1 spiro atoms. The van der Waals surface area contributed by atoms with Crippen molar-refractivity contribution in [1.29, 1.82) is 0 Å². The average molecular weight is 476 g/mol. The molecule has 6 nitrogen and oxygen atoms in total. The van der Waals surface area contributed by atoms with Crippen LogP contribution in [0, 0.1) is 17.5 Å². The molecule has 0 aromatic heterocycles. The molecule has 3 atom stereocenters. The number of morpholine rings is 1. The molecule has 2 fully saturated rings. The lowest BCUT2D eigenvalue weighted by atomic mass is 9.84. The number of ether oxygens (including phenoxy) is 1. The van der Waals surface area contributed by atoms with Crippen molar-refractivity contribution < 1.29 is 32.6 Å². The minimum Gasteiger partial charge on any atom is -0.381 e. The number of carbonyl (C=O) groups is 2. The molecular weight excluding hydrogens is 449 g/mol. The van der Waals surface area contributed by atoms with E-state index >= 15 is 4.39 Å². The first-order valence-electron chi connectivity index (χ1n) is 11.1. The smallest absolute Gasteiger partial charge is 0.254 e. The van der Waals surface area contributed by atoms with Crippen LogP contribution in [0.1, 0.15) is 32.8 Å². The monoisotopic (exact) mass is 476 g/mol. The van der Waals surface area contributed by atoms with Crippen molar-refractivity contribution in [3.05, 3.63) is 59.4 Å². The van der Waals surface area contributed by atoms with Crippen LogP contribution in [0.5, 0.6) is 0 Å². The maximum Gasteiger partial charge on any atom is 0.254 e. The fourth-order valence-electron chi connectivity index (χ4n) is 5.13. The second kappa shape index (κ2) is 8.70. The highest BCUT2D eigenvalue weighted by Crippen LogP contribution is 2.39. The Morgan fingerprint density at radius 2 is 1.91 bits per heavy atom. The van der Waals surface area contributed by atoms with Gasteiger partial charge in [0, 0.05) is 17.7 Å². The lowest BCUT2D eigenvalue weighted by molar-refractivity contribution is -0.153. The van der Waals surface area contributed by atoms with Gasteiger partial charge >= 0.3 is 0 Å². The molecule has 2 aromatic carbocycles. The second-order valence-electron chi connectivity index (χ2n) is 9.68. The number of hydrogen-bond acceptors (Lipinski definition) is 4. The van der Waals surface area contributed by atoms with Crippen LogP contribution in [0.15, 0.2) is 36.4 Å². The van der Waals surface area contributed by atoms with Gasteiger partial charge in [-0.3, -0.25) is 9.59 Å². The van der Waals surface area contributed by atoms with Gasteiger partial charge in [-0.15, -0.1) is 0 Å². The van der Waals surface area contributed by atoms with Crippen LogP contribution in [-0.4, -0.2) is 58.3 Å². The third-order valence-electron chi connectivity index (χ3n) is 6.51. The number of halogens is 3. The van der Waals surface area contributed by atoms with E-state index < -0.39 is 40.5 Å². The van der Waals surface area contributed by atoms with Crippen LogP contribution in [0.4, 0.5) is 13.2 Å². The summed E-state index contributed by atoms with van der Waals surface area (Å²) in [7, 11) is 0. The Morgan fingerprint density at radius 3 is 2.53 bits per heavy atom. The van der Waals surface area contributed by atoms with Crippen molar-refractivity contribution in [2.75, 3.05) is 13.2 Å². The fraction of sp³-hybridized carbons (Fsp3) is 0.440. The SMILES string of the molecule is CC1CC2(COCC(=O)N2)C(Cc2cccc(-c3cc(F)cc(F)c3)c2F)N1C(=O)C(C)(C)O. The van der Waals surface area contributed by atoms with Gasteiger partial charge in [0.2, 0.25) is 5.91 Å². The molecule has 0 aliphatic carbocycles. The van der Waals surface area contributed by atoms with E-state index in [1.165, 1.54) is 30.9 Å². The quantitative estimate of drug-likeness (QED) is 0.712. The Balaban J connectivity index is 1.77. The fourth-order valence-corrected chi connectivity index (χ4v) is 5.13. The zero-order chi connectivity index (χ0) is 24.8. The summed E-state index contributed by atoms with van der Waals surface area (Å²) in [6.45, 7) is 4.56. The van der Waals surface area contributed by atoms with E-state index in [1.807, 2.05) is 0 Å². The lowest BCUT2D eigenvalue weighted by Crippen LogP contribution is -2.65. The van der Waals surface area contributed by atoms with Gasteiger partial charge in [0.05, 0.1) is 18.2 Å². The number of rotatable bonds is 4. The summed E-state index contributed by atoms with van der Waals surface area (Å²) in [5.41, 5.74) is -2.39. The largest absolute Gasteiger partial charge is 0.381 e. The lowest BCUT2D eigenvalue weighted by Gasteiger charge is -2.42. The van der Waals surface area contributed by atoms with Gasteiger partial charge in [-0.05, 0) is 56.9 Å². The molecule has 2 aromatic rings. The summed E-state index contributed by atoms with van der Waals surface area (Å²) in [6.07, 6.45) is 0.356. The van der Waals surface area contributed by atoms with Crippen LogP contribution in [-0.2, 0) is 20.7 Å². The molecule has 0 radical (unpaired) electrons. The Hall–Kier alpha value is -2.91. The first-order chi connectivity index (χ1) is 15.9. The number of nitrogens with zero attached hydrogens (tertiary/aromatic N) is 1. The number of amides is 2. The van der Waals surface area contributed by atoms with Gasteiger partial charge in [0.15, 0.2) is 0 Å². The Morgan fingerprint density at radius 1 is 1.24 bits per heavy atom. The zero-order valence-corrected chi connectivity index (χ0v) is 19.2. The summed E-state index contributed by atoms with van der Waals surface area (Å²) in [5.74, 6) is -3.23. The molecule has 4 rings (SSSR count). The van der Waals surface area contributed by atoms with E-state index in [0.717, 1.165) is 12.1 Å². The van der Waals surface area contributed by atoms with E-state index in [2.05, 4.69) is 5.32 Å². The minimum atomic E-state index is -1.68. The summed E-state index contributed by atoms with van der Waals surface area (Å²) >= 11 is 0. The van der Waals surface area contributed by atoms with E-state index in [1.54, 1.807) is 13.0 Å². The standard InChI is InChI=1S/C25H27F3N2O4/c1-14-11-25(13-34-12-21(31)29-25)20(30(14)23(32)24(2,3)33)9-15-5-4-6-19(22(15)28)16-7-17(26)10-18(27)8-16/h4-8,10,14,20,33H,9,11-13H2,1-3H3,(H,29,31). The van der Waals surface area contributed by atoms with Gasteiger partial charge in [-0.1, -0.05) is 18.2 Å². The van der Waals surface area contributed by atoms with Crippen molar-refractivity contribution in [3.63, 3.8) is 0 Å². The molecule has 2 saturated heterocycles. The van der Waals surface area contributed by atoms with E-state index in [-0.39, 0.29) is 48.3 Å². The molecular formula is C25H27F3N2O4. The number of carbonyl (C=O) groups excluding carboxylic acids is 2. The van der Waals surface area contributed by atoms with Crippen LogP contribution in [0.2, 0.25) is 0 Å². The van der Waals surface area contributed by atoms with E-state index in [0.29, 0.717) is 12.5 Å². The van der Waals surface area contributed by atoms with Crippen LogP contribution >= 0.6 is 0 Å². The predicted octanol–water partition coefficient (Wildman–Crippen LogP) is 2.96. The van der Waals surface area contributed by atoms with Crippen molar-refractivity contribution in [3.8, 4) is 11.1 Å². The van der Waals surface area contributed by atoms with Gasteiger partial charge in [-0.2, -0.15) is 0 Å². The second-order valence-corrected chi connectivity index (χ2v) is 9.68. The Bertz CT molecular complexity index is 1110. The van der Waals surface area contributed by atoms with Gasteiger partial charge in [-0.25, -0.2) is 13.2 Å². The first kappa shape index (κ1) is 24.2. The number of benzene rings is 2. The van der Waals surface area contributed by atoms with Gasteiger partial charge in [0.1, 0.15) is 29.7 Å². The minimum absolute atomic E-state index is 0.00668. The molecule has 182 valence electrons. The summed E-state index contributed by atoms with van der Waals surface area (Å²) in [5, 5.41) is 13.4. The Kier molecular flexibility index (Phi) is 6.20. The number of nitrogens with one attached hydrogen (secondary N) is 1. The molecule has 2 amide bonds. The summed E-state index contributed by atoms with van der Waals surface area (Å²) in [6, 6.07) is 6.23. The normalized spacial score (nSPS) is 25.0. The number of hydrogen-bond donors (Lipinski definition) is 2. The molecule has 2 aliphatic heterocycles. The average Bonchev–Trinajstić information content (AvgIpc) is 2.97. The van der Waals surface area contributed by atoms with E-state index in [4.69, 9.17) is 4.74 Å². The third kappa shape index (κ3) is 4.42. The van der Waals surface area contributed by atoms with Crippen LogP contribution < -0.4 is 5.32 Å². The molecule has 0 bridgehead atoms. The number of likely N-dealkylation sites (tertiary alicyclic amines) is 1. The number of aliphatic hydroxyl groups is 1. The molecule has 9 heteroatoms. The maximum absolute atomic E-state index is 15.7. The highest BCUT2D eigenvalue weighted by atomic mass is 19.1. The van der Waals surface area contributed by atoms with Crippen molar-refractivity contribution in [2.24, 2.45) is 0 Å². The zero-order valence-electron chi connectivity index (χ0n) is 19.2. The van der Waals surface area contributed by atoms with Crippen LogP contribution in [0.3, 0.4) is 0 Å². The highest BCUT2D eigenvalue weighted by molar-refractivity contribution is 5.86. The van der Waals surface area contributed by atoms with E-state index in [9.17, 15) is 23.5 Å².